The molecule has 1 aliphatic rings. The van der Waals surface area contributed by atoms with Gasteiger partial charge in [0, 0.05) is 15.6 Å². The van der Waals surface area contributed by atoms with Gasteiger partial charge >= 0.3 is 0 Å². The van der Waals surface area contributed by atoms with Crippen molar-refractivity contribution in [2.45, 2.75) is 17.4 Å². The fraction of sp³-hybridized carbons (Fsp3) is 0.167. The number of hydrogen-bond donors (Lipinski definition) is 0. The first-order valence-corrected chi connectivity index (χ1v) is 9.47. The quantitative estimate of drug-likeness (QED) is 0.430. The van der Waals surface area contributed by atoms with Crippen LogP contribution in [0.5, 0.6) is 11.5 Å². The molecule has 132 valence electrons. The Morgan fingerprint density at radius 1 is 1.12 bits per heavy atom. The molecule has 0 N–H and O–H groups in total. The lowest BCUT2D eigenvalue weighted by atomic mass is 10.1. The van der Waals surface area contributed by atoms with Crippen LogP contribution in [0.25, 0.3) is 11.5 Å². The number of Topliss-reactive ketones (excluding diaryl/α,β-unsaturated/α-hetero) is 1. The average molecular weight is 433 g/mol. The van der Waals surface area contributed by atoms with Gasteiger partial charge in [0.05, 0.1) is 5.25 Å². The summed E-state index contributed by atoms with van der Waals surface area (Å²) < 4.78 is 17.3. The molecule has 1 aliphatic heterocycles. The molecule has 8 heteroatoms. The predicted molar refractivity (Wildman–Crippen MR) is 99.6 cm³/mol. The van der Waals surface area contributed by atoms with Crippen molar-refractivity contribution in [1.82, 2.24) is 10.2 Å². The zero-order valence-electron chi connectivity index (χ0n) is 13.6. The lowest BCUT2D eigenvalue weighted by Crippen LogP contribution is -2.13. The molecule has 1 unspecified atom stereocenters. The molecular formula is C18H13BrN2O4S. The van der Waals surface area contributed by atoms with Gasteiger partial charge < -0.3 is 13.9 Å². The summed E-state index contributed by atoms with van der Waals surface area (Å²) in [6.45, 7) is 2.03. The number of fused-ring (bicyclic) bond motifs is 1. The molecular weight excluding hydrogens is 420 g/mol. The van der Waals surface area contributed by atoms with Crippen LogP contribution in [0.2, 0.25) is 0 Å². The Bertz CT molecular complexity index is 958. The third-order valence-corrected chi connectivity index (χ3v) is 5.26. The van der Waals surface area contributed by atoms with Crippen LogP contribution in [-0.2, 0) is 0 Å². The van der Waals surface area contributed by atoms with Crippen LogP contribution in [0.15, 0.2) is 56.6 Å². The Morgan fingerprint density at radius 2 is 1.88 bits per heavy atom. The highest BCUT2D eigenvalue weighted by atomic mass is 79.9. The summed E-state index contributed by atoms with van der Waals surface area (Å²) in [5, 5.41) is 8.09. The molecule has 0 saturated carbocycles. The first kappa shape index (κ1) is 17.1. The molecule has 0 radical (unpaired) electrons. The van der Waals surface area contributed by atoms with Crippen LogP contribution in [0, 0.1) is 0 Å². The Balaban J connectivity index is 1.48. The van der Waals surface area contributed by atoms with Crippen molar-refractivity contribution in [2.75, 3.05) is 6.79 Å². The second-order valence-corrected chi connectivity index (χ2v) is 7.78. The first-order valence-electron chi connectivity index (χ1n) is 7.80. The second kappa shape index (κ2) is 7.13. The van der Waals surface area contributed by atoms with Gasteiger partial charge in [0.1, 0.15) is 0 Å². The van der Waals surface area contributed by atoms with Gasteiger partial charge in [-0.2, -0.15) is 0 Å². The van der Waals surface area contributed by atoms with E-state index in [4.69, 9.17) is 13.9 Å². The van der Waals surface area contributed by atoms with Crippen molar-refractivity contribution in [1.29, 1.82) is 0 Å². The molecule has 0 bridgehead atoms. The van der Waals surface area contributed by atoms with Crippen molar-refractivity contribution < 1.29 is 18.7 Å². The SMILES string of the molecule is CC(Sc1nnc(-c2ccc3c(c2)OCO3)o1)C(=O)c1ccc(Br)cc1. The molecule has 0 spiro atoms. The summed E-state index contributed by atoms with van der Waals surface area (Å²) in [6, 6.07) is 12.7. The van der Waals surface area contributed by atoms with Crippen molar-refractivity contribution in [3.8, 4) is 23.0 Å². The number of nitrogens with zero attached hydrogens (tertiary/aromatic N) is 2. The first-order chi connectivity index (χ1) is 12.6. The van der Waals surface area contributed by atoms with Crippen molar-refractivity contribution in [3.63, 3.8) is 0 Å². The zero-order chi connectivity index (χ0) is 18.1. The van der Waals surface area contributed by atoms with E-state index in [0.717, 1.165) is 10.0 Å². The van der Waals surface area contributed by atoms with Gasteiger partial charge in [-0.3, -0.25) is 4.79 Å². The van der Waals surface area contributed by atoms with E-state index < -0.39 is 0 Å². The van der Waals surface area contributed by atoms with E-state index in [9.17, 15) is 4.79 Å². The molecule has 0 saturated heterocycles. The number of thioether (sulfide) groups is 1. The Labute approximate surface area is 162 Å². The summed E-state index contributed by atoms with van der Waals surface area (Å²) >= 11 is 4.60. The maximum atomic E-state index is 12.5. The van der Waals surface area contributed by atoms with E-state index in [0.29, 0.717) is 28.2 Å². The topological polar surface area (TPSA) is 74.5 Å². The molecule has 2 aromatic carbocycles. The molecule has 1 atom stereocenters. The number of ether oxygens (including phenoxy) is 2. The minimum atomic E-state index is -0.346. The highest BCUT2D eigenvalue weighted by Crippen LogP contribution is 2.36. The van der Waals surface area contributed by atoms with Gasteiger partial charge in [-0.05, 0) is 37.3 Å². The highest BCUT2D eigenvalue weighted by Gasteiger charge is 2.21. The summed E-state index contributed by atoms with van der Waals surface area (Å²) in [6.07, 6.45) is 0. The molecule has 3 aromatic rings. The average Bonchev–Trinajstić information content (AvgIpc) is 3.30. The molecule has 2 heterocycles. The van der Waals surface area contributed by atoms with Gasteiger partial charge in [0.2, 0.25) is 12.7 Å². The normalized spacial score (nSPS) is 13.6. The van der Waals surface area contributed by atoms with Gasteiger partial charge in [0.25, 0.3) is 5.22 Å². The summed E-state index contributed by atoms with van der Waals surface area (Å²) in [5.74, 6) is 1.71. The molecule has 1 aromatic heterocycles. The van der Waals surface area contributed by atoms with Crippen LogP contribution in [0.1, 0.15) is 17.3 Å². The number of hydrogen-bond acceptors (Lipinski definition) is 7. The number of halogens is 1. The third kappa shape index (κ3) is 3.47. The highest BCUT2D eigenvalue weighted by molar-refractivity contribution is 9.10. The number of benzene rings is 2. The second-order valence-electron chi connectivity index (χ2n) is 5.57. The molecule has 0 amide bonds. The van der Waals surface area contributed by atoms with E-state index in [2.05, 4.69) is 26.1 Å². The van der Waals surface area contributed by atoms with Gasteiger partial charge in [-0.25, -0.2) is 0 Å². The van der Waals surface area contributed by atoms with Gasteiger partial charge in [0.15, 0.2) is 17.3 Å². The lowest BCUT2D eigenvalue weighted by Gasteiger charge is -2.07. The van der Waals surface area contributed by atoms with E-state index in [1.54, 1.807) is 24.3 Å². The van der Waals surface area contributed by atoms with Crippen molar-refractivity contribution in [3.05, 3.63) is 52.5 Å². The summed E-state index contributed by atoms with van der Waals surface area (Å²) in [7, 11) is 0. The van der Waals surface area contributed by atoms with E-state index in [-0.39, 0.29) is 17.8 Å². The fourth-order valence-corrected chi connectivity index (χ4v) is 3.48. The fourth-order valence-electron chi connectivity index (χ4n) is 2.46. The van der Waals surface area contributed by atoms with E-state index in [1.807, 2.05) is 25.1 Å². The summed E-state index contributed by atoms with van der Waals surface area (Å²) in [4.78, 5) is 12.5. The largest absolute Gasteiger partial charge is 0.454 e. The van der Waals surface area contributed by atoms with Crippen LogP contribution in [0.4, 0.5) is 0 Å². The van der Waals surface area contributed by atoms with Crippen LogP contribution < -0.4 is 9.47 Å². The standard InChI is InChI=1S/C18H13BrN2O4S/c1-10(16(22)11-2-5-13(19)6-3-11)26-18-21-20-17(25-18)12-4-7-14-15(8-12)24-9-23-14/h2-8,10H,9H2,1H3. The minimum absolute atomic E-state index is 0.00493. The maximum Gasteiger partial charge on any atom is 0.277 e. The van der Waals surface area contributed by atoms with Crippen LogP contribution in [-0.4, -0.2) is 28.0 Å². The number of ketones is 1. The van der Waals surface area contributed by atoms with E-state index in [1.165, 1.54) is 11.8 Å². The molecule has 26 heavy (non-hydrogen) atoms. The van der Waals surface area contributed by atoms with E-state index >= 15 is 0 Å². The van der Waals surface area contributed by atoms with Gasteiger partial charge in [-0.15, -0.1) is 10.2 Å². The summed E-state index contributed by atoms with van der Waals surface area (Å²) in [5.41, 5.74) is 1.38. The molecule has 0 fully saturated rings. The number of rotatable bonds is 5. The van der Waals surface area contributed by atoms with Crippen molar-refractivity contribution in [2.24, 2.45) is 0 Å². The Hall–Kier alpha value is -2.32. The van der Waals surface area contributed by atoms with Crippen LogP contribution >= 0.6 is 27.7 Å². The monoisotopic (exact) mass is 432 g/mol. The number of carbonyl (C=O) groups is 1. The maximum absolute atomic E-state index is 12.5. The lowest BCUT2D eigenvalue weighted by molar-refractivity contribution is 0.0993. The molecule has 6 nitrogen and oxygen atoms in total. The number of aromatic nitrogens is 2. The number of carbonyl (C=O) groups excluding carboxylic acids is 1. The predicted octanol–water partition coefficient (Wildman–Crippen LogP) is 4.59. The third-order valence-electron chi connectivity index (χ3n) is 3.80. The van der Waals surface area contributed by atoms with Crippen molar-refractivity contribution >= 4 is 33.5 Å². The van der Waals surface area contributed by atoms with Crippen LogP contribution in [0.3, 0.4) is 0 Å². The zero-order valence-corrected chi connectivity index (χ0v) is 16.0. The minimum Gasteiger partial charge on any atom is -0.454 e. The molecule has 4 rings (SSSR count). The Morgan fingerprint density at radius 3 is 2.69 bits per heavy atom. The van der Waals surface area contributed by atoms with Gasteiger partial charge in [-0.1, -0.05) is 39.8 Å². The Kier molecular flexibility index (Phi) is 4.69. The smallest absolute Gasteiger partial charge is 0.277 e. The molecule has 0 aliphatic carbocycles.